The van der Waals surface area contributed by atoms with Crippen molar-refractivity contribution in [2.45, 2.75) is 26.8 Å². The quantitative estimate of drug-likeness (QED) is 0.948. The van der Waals surface area contributed by atoms with Gasteiger partial charge in [0.05, 0.1) is 0 Å². The lowest BCUT2D eigenvalue weighted by molar-refractivity contribution is -0.116. The number of nitrogens with one attached hydrogen (secondary N) is 1. The van der Waals surface area contributed by atoms with Gasteiger partial charge in [-0.05, 0) is 42.7 Å². The second-order valence-electron chi connectivity index (χ2n) is 5.93. The SMILES string of the molecule is CC(=O)N1CCc2cc(C(=O)NCc3ccc(C)cc3)ccc21. The third kappa shape index (κ3) is 3.26. The normalized spacial score (nSPS) is 12.9. The van der Waals surface area contributed by atoms with Crippen LogP contribution in [0.1, 0.15) is 34.0 Å². The Morgan fingerprint density at radius 3 is 2.57 bits per heavy atom. The maximum Gasteiger partial charge on any atom is 0.251 e. The Bertz CT molecular complexity index is 750. The van der Waals surface area contributed by atoms with E-state index in [1.165, 1.54) is 5.56 Å². The van der Waals surface area contributed by atoms with Gasteiger partial charge in [0.1, 0.15) is 0 Å². The number of anilines is 1. The van der Waals surface area contributed by atoms with E-state index in [0.717, 1.165) is 23.2 Å². The van der Waals surface area contributed by atoms with Crippen molar-refractivity contribution in [2.75, 3.05) is 11.4 Å². The van der Waals surface area contributed by atoms with E-state index in [-0.39, 0.29) is 11.8 Å². The standard InChI is InChI=1S/C19H20N2O2/c1-13-3-5-15(6-4-13)12-20-19(23)17-7-8-18-16(11-17)9-10-21(18)14(2)22/h3-8,11H,9-10,12H2,1-2H3,(H,20,23). The van der Waals surface area contributed by atoms with Crippen molar-refractivity contribution in [3.05, 3.63) is 64.7 Å². The summed E-state index contributed by atoms with van der Waals surface area (Å²) in [6.45, 7) is 4.81. The maximum atomic E-state index is 12.3. The van der Waals surface area contributed by atoms with Crippen LogP contribution in [0.15, 0.2) is 42.5 Å². The Labute approximate surface area is 136 Å². The molecule has 1 N–H and O–H groups in total. The van der Waals surface area contributed by atoms with Crippen LogP contribution >= 0.6 is 0 Å². The molecule has 1 heterocycles. The molecular formula is C19H20N2O2. The van der Waals surface area contributed by atoms with Gasteiger partial charge in [-0.25, -0.2) is 0 Å². The average Bonchev–Trinajstić information content (AvgIpc) is 2.97. The number of aryl methyl sites for hydroxylation is 1. The van der Waals surface area contributed by atoms with E-state index in [1.54, 1.807) is 17.9 Å². The van der Waals surface area contributed by atoms with Crippen LogP contribution in [0.5, 0.6) is 0 Å². The largest absolute Gasteiger partial charge is 0.348 e. The van der Waals surface area contributed by atoms with Crippen LogP contribution in [-0.4, -0.2) is 18.4 Å². The molecule has 0 aliphatic carbocycles. The van der Waals surface area contributed by atoms with Crippen molar-refractivity contribution in [1.82, 2.24) is 5.32 Å². The van der Waals surface area contributed by atoms with Crippen LogP contribution in [0.25, 0.3) is 0 Å². The van der Waals surface area contributed by atoms with E-state index in [0.29, 0.717) is 18.7 Å². The molecule has 0 unspecified atom stereocenters. The molecule has 0 saturated carbocycles. The van der Waals surface area contributed by atoms with Crippen LogP contribution < -0.4 is 10.2 Å². The number of fused-ring (bicyclic) bond motifs is 1. The number of rotatable bonds is 3. The Morgan fingerprint density at radius 1 is 1.13 bits per heavy atom. The lowest BCUT2D eigenvalue weighted by Crippen LogP contribution is -2.26. The highest BCUT2D eigenvalue weighted by Crippen LogP contribution is 2.28. The first-order chi connectivity index (χ1) is 11.0. The summed E-state index contributed by atoms with van der Waals surface area (Å²) in [7, 11) is 0. The van der Waals surface area contributed by atoms with Gasteiger partial charge < -0.3 is 10.2 Å². The van der Waals surface area contributed by atoms with Gasteiger partial charge in [-0.3, -0.25) is 9.59 Å². The van der Waals surface area contributed by atoms with Gasteiger partial charge in [-0.2, -0.15) is 0 Å². The van der Waals surface area contributed by atoms with Crippen LogP contribution in [-0.2, 0) is 17.8 Å². The van der Waals surface area contributed by atoms with Crippen molar-refractivity contribution < 1.29 is 9.59 Å². The number of carbonyl (C=O) groups excluding carboxylic acids is 2. The van der Waals surface area contributed by atoms with E-state index >= 15 is 0 Å². The van der Waals surface area contributed by atoms with E-state index in [1.807, 2.05) is 43.3 Å². The van der Waals surface area contributed by atoms with Crippen molar-refractivity contribution in [2.24, 2.45) is 0 Å². The third-order valence-corrected chi connectivity index (χ3v) is 4.19. The Kier molecular flexibility index (Phi) is 4.15. The van der Waals surface area contributed by atoms with Crippen molar-refractivity contribution >= 4 is 17.5 Å². The van der Waals surface area contributed by atoms with Gasteiger partial charge in [0.2, 0.25) is 5.91 Å². The summed E-state index contributed by atoms with van der Waals surface area (Å²) in [5.41, 5.74) is 4.90. The highest BCUT2D eigenvalue weighted by Gasteiger charge is 2.23. The van der Waals surface area contributed by atoms with E-state index < -0.39 is 0 Å². The number of benzene rings is 2. The van der Waals surface area contributed by atoms with Gasteiger partial charge in [-0.15, -0.1) is 0 Å². The van der Waals surface area contributed by atoms with Crippen LogP contribution in [0.2, 0.25) is 0 Å². The molecule has 4 nitrogen and oxygen atoms in total. The van der Waals surface area contributed by atoms with Crippen LogP contribution in [0, 0.1) is 6.92 Å². The summed E-state index contributed by atoms with van der Waals surface area (Å²) < 4.78 is 0. The van der Waals surface area contributed by atoms with Gasteiger partial charge in [0.15, 0.2) is 0 Å². The molecule has 0 bridgehead atoms. The van der Waals surface area contributed by atoms with Crippen molar-refractivity contribution in [1.29, 1.82) is 0 Å². The Hall–Kier alpha value is -2.62. The molecule has 0 atom stereocenters. The molecule has 1 aliphatic rings. The molecule has 0 radical (unpaired) electrons. The number of amides is 2. The molecule has 2 aromatic rings. The summed E-state index contributed by atoms with van der Waals surface area (Å²) >= 11 is 0. The average molecular weight is 308 g/mol. The summed E-state index contributed by atoms with van der Waals surface area (Å²) in [5.74, 6) is -0.0463. The molecule has 23 heavy (non-hydrogen) atoms. The van der Waals surface area contributed by atoms with E-state index in [2.05, 4.69) is 5.32 Å². The van der Waals surface area contributed by atoms with Gasteiger partial charge >= 0.3 is 0 Å². The summed E-state index contributed by atoms with van der Waals surface area (Å²) in [6, 6.07) is 13.6. The minimum atomic E-state index is -0.0883. The molecule has 0 aromatic heterocycles. The van der Waals surface area contributed by atoms with Gasteiger partial charge in [0.25, 0.3) is 5.91 Å². The number of carbonyl (C=O) groups is 2. The van der Waals surface area contributed by atoms with Crippen molar-refractivity contribution in [3.63, 3.8) is 0 Å². The smallest absolute Gasteiger partial charge is 0.251 e. The minimum absolute atomic E-state index is 0.0420. The molecule has 1 aliphatic heterocycles. The van der Waals surface area contributed by atoms with Crippen LogP contribution in [0.3, 0.4) is 0 Å². The van der Waals surface area contributed by atoms with Gasteiger partial charge in [0, 0.05) is 31.3 Å². The van der Waals surface area contributed by atoms with Gasteiger partial charge in [-0.1, -0.05) is 29.8 Å². The fourth-order valence-electron chi connectivity index (χ4n) is 2.86. The topological polar surface area (TPSA) is 49.4 Å². The number of nitrogens with zero attached hydrogens (tertiary/aromatic N) is 1. The molecule has 0 spiro atoms. The Balaban J connectivity index is 1.69. The van der Waals surface area contributed by atoms with Crippen LogP contribution in [0.4, 0.5) is 5.69 Å². The highest BCUT2D eigenvalue weighted by atomic mass is 16.2. The summed E-state index contributed by atoms with van der Waals surface area (Å²) in [4.78, 5) is 25.6. The third-order valence-electron chi connectivity index (χ3n) is 4.19. The number of hydrogen-bond donors (Lipinski definition) is 1. The summed E-state index contributed by atoms with van der Waals surface area (Å²) in [5, 5.41) is 2.94. The zero-order chi connectivity index (χ0) is 16.4. The maximum absolute atomic E-state index is 12.3. The lowest BCUT2D eigenvalue weighted by Gasteiger charge is -2.14. The molecular weight excluding hydrogens is 288 g/mol. The molecule has 2 aromatic carbocycles. The first-order valence-corrected chi connectivity index (χ1v) is 7.79. The predicted molar refractivity (Wildman–Crippen MR) is 90.5 cm³/mol. The first-order valence-electron chi connectivity index (χ1n) is 7.79. The second kappa shape index (κ2) is 6.24. The molecule has 3 rings (SSSR count). The predicted octanol–water partition coefficient (Wildman–Crippen LogP) is 2.83. The Morgan fingerprint density at radius 2 is 1.87 bits per heavy atom. The highest BCUT2D eigenvalue weighted by molar-refractivity contribution is 5.97. The van der Waals surface area contributed by atoms with E-state index in [9.17, 15) is 9.59 Å². The zero-order valence-electron chi connectivity index (χ0n) is 13.4. The molecule has 0 fully saturated rings. The van der Waals surface area contributed by atoms with E-state index in [4.69, 9.17) is 0 Å². The van der Waals surface area contributed by atoms with Crippen molar-refractivity contribution in [3.8, 4) is 0 Å². The minimum Gasteiger partial charge on any atom is -0.348 e. The zero-order valence-corrected chi connectivity index (χ0v) is 13.4. The fraction of sp³-hybridized carbons (Fsp3) is 0.263. The second-order valence-corrected chi connectivity index (χ2v) is 5.93. The lowest BCUT2D eigenvalue weighted by atomic mass is 10.1. The fourth-order valence-corrected chi connectivity index (χ4v) is 2.86. The monoisotopic (exact) mass is 308 g/mol. The summed E-state index contributed by atoms with van der Waals surface area (Å²) in [6.07, 6.45) is 0.800. The molecule has 0 saturated heterocycles. The first kappa shape index (κ1) is 15.3. The number of hydrogen-bond acceptors (Lipinski definition) is 2. The molecule has 4 heteroatoms. The molecule has 2 amide bonds. The molecule has 118 valence electrons.